The number of halogens is 1. The third-order valence-electron chi connectivity index (χ3n) is 4.01. The summed E-state index contributed by atoms with van der Waals surface area (Å²) in [6, 6.07) is 5.47. The lowest BCUT2D eigenvalue weighted by molar-refractivity contribution is 0.375. The number of hydrogen-bond acceptors (Lipinski definition) is 6. The molecule has 0 amide bonds. The fourth-order valence-corrected chi connectivity index (χ4v) is 3.26. The average molecular weight is 406 g/mol. The summed E-state index contributed by atoms with van der Waals surface area (Å²) in [6.45, 7) is 0. The van der Waals surface area contributed by atoms with Gasteiger partial charge in [0.1, 0.15) is 10.2 Å². The van der Waals surface area contributed by atoms with Crippen molar-refractivity contribution in [2.45, 2.75) is 6.42 Å². The topological polar surface area (TPSA) is 89.6 Å². The first-order valence-corrected chi connectivity index (χ1v) is 8.31. The summed E-state index contributed by atoms with van der Waals surface area (Å²) in [7, 11) is 3.37. The minimum atomic E-state index is -1.53. The van der Waals surface area contributed by atoms with Crippen molar-refractivity contribution in [2.24, 2.45) is 7.05 Å². The van der Waals surface area contributed by atoms with Crippen molar-refractivity contribution in [3.8, 4) is 11.6 Å². The Hall–Kier alpha value is -2.10. The Bertz CT molecular complexity index is 904. The van der Waals surface area contributed by atoms with Crippen LogP contribution in [0.3, 0.4) is 0 Å². The molecule has 0 bridgehead atoms. The molecule has 130 valence electrons. The lowest BCUT2D eigenvalue weighted by atomic mass is 9.86. The van der Waals surface area contributed by atoms with Gasteiger partial charge in [0.2, 0.25) is 5.88 Å². The van der Waals surface area contributed by atoms with E-state index in [1.165, 1.54) is 0 Å². The van der Waals surface area contributed by atoms with Crippen molar-refractivity contribution < 1.29 is 19.5 Å². The molecule has 0 saturated carbocycles. The van der Waals surface area contributed by atoms with Gasteiger partial charge in [0, 0.05) is 36.2 Å². The number of pyridine rings is 2. The maximum atomic E-state index is 9.42. The highest BCUT2D eigenvalue weighted by Gasteiger charge is 2.18. The highest BCUT2D eigenvalue weighted by Crippen LogP contribution is 2.33. The van der Waals surface area contributed by atoms with E-state index in [2.05, 4.69) is 25.9 Å². The second-order valence-electron chi connectivity index (χ2n) is 5.55. The first-order valence-electron chi connectivity index (χ1n) is 7.52. The smallest absolute Gasteiger partial charge is 0.495 e. The zero-order valence-corrected chi connectivity index (χ0v) is 15.6. The lowest BCUT2D eigenvalue weighted by Crippen LogP contribution is -2.34. The molecule has 0 aromatic carbocycles. The van der Waals surface area contributed by atoms with Crippen LogP contribution >= 0.6 is 15.9 Å². The molecule has 9 heteroatoms. The number of methoxy groups -OCH3 is 2. The number of fused-ring (bicyclic) bond motifs is 1. The molecular formula is C16H17BBrN3O4. The molecule has 7 nitrogen and oxygen atoms in total. The summed E-state index contributed by atoms with van der Waals surface area (Å²) >= 11 is 3.40. The van der Waals surface area contributed by atoms with E-state index in [4.69, 9.17) is 9.47 Å². The Balaban J connectivity index is 1.98. The highest BCUT2D eigenvalue weighted by molar-refractivity contribution is 9.10. The van der Waals surface area contributed by atoms with Gasteiger partial charge in [0.05, 0.1) is 31.6 Å². The zero-order chi connectivity index (χ0) is 18.1. The van der Waals surface area contributed by atoms with E-state index in [-0.39, 0.29) is 0 Å². The van der Waals surface area contributed by atoms with Crippen LogP contribution in [0, 0.1) is 0 Å². The summed E-state index contributed by atoms with van der Waals surface area (Å²) in [4.78, 5) is 8.90. The fourth-order valence-electron chi connectivity index (χ4n) is 2.74. The van der Waals surface area contributed by atoms with Crippen LogP contribution in [0.15, 0.2) is 28.9 Å². The Morgan fingerprint density at radius 2 is 1.92 bits per heavy atom. The van der Waals surface area contributed by atoms with Crippen LogP contribution < -0.4 is 15.1 Å². The molecule has 25 heavy (non-hydrogen) atoms. The number of hydrogen-bond donors (Lipinski definition) is 2. The summed E-state index contributed by atoms with van der Waals surface area (Å²) in [5.41, 5.74) is 2.79. The molecule has 3 aromatic heterocycles. The van der Waals surface area contributed by atoms with Gasteiger partial charge in [-0.25, -0.2) is 4.98 Å². The molecule has 0 aliphatic rings. The minimum Gasteiger partial charge on any atom is -0.495 e. The van der Waals surface area contributed by atoms with E-state index >= 15 is 0 Å². The van der Waals surface area contributed by atoms with E-state index < -0.39 is 7.12 Å². The SMILES string of the molecule is COc1cc(Cc2cc3cc(B(O)O)n(C)c3cn2)nc(OC)c1Br. The second-order valence-corrected chi connectivity index (χ2v) is 6.35. The number of rotatable bonds is 5. The third-order valence-corrected chi connectivity index (χ3v) is 4.74. The van der Waals surface area contributed by atoms with E-state index in [0.717, 1.165) is 22.3 Å². The molecule has 0 aliphatic carbocycles. The van der Waals surface area contributed by atoms with Crippen molar-refractivity contribution in [1.82, 2.24) is 14.5 Å². The predicted octanol–water partition coefficient (Wildman–Crippen LogP) is 1.02. The van der Waals surface area contributed by atoms with Crippen molar-refractivity contribution in [3.05, 3.63) is 40.3 Å². The zero-order valence-electron chi connectivity index (χ0n) is 14.0. The normalized spacial score (nSPS) is 11.0. The summed E-state index contributed by atoms with van der Waals surface area (Å²) in [5, 5.41) is 19.7. The highest BCUT2D eigenvalue weighted by atomic mass is 79.9. The van der Waals surface area contributed by atoms with Gasteiger partial charge >= 0.3 is 7.12 Å². The van der Waals surface area contributed by atoms with Crippen molar-refractivity contribution in [2.75, 3.05) is 14.2 Å². The van der Waals surface area contributed by atoms with Crippen molar-refractivity contribution in [1.29, 1.82) is 0 Å². The third kappa shape index (κ3) is 3.35. The van der Waals surface area contributed by atoms with Crippen LogP contribution in [0.4, 0.5) is 0 Å². The summed E-state index contributed by atoms with van der Waals surface area (Å²) in [6.07, 6.45) is 2.20. The molecule has 3 heterocycles. The maximum Gasteiger partial charge on any atom is 0.505 e. The molecule has 0 atom stereocenters. The number of ether oxygens (including phenoxy) is 2. The largest absolute Gasteiger partial charge is 0.505 e. The fraction of sp³-hybridized carbons (Fsp3) is 0.250. The first-order chi connectivity index (χ1) is 11.9. The first kappa shape index (κ1) is 17.7. The van der Waals surface area contributed by atoms with Gasteiger partial charge in [0.15, 0.2) is 0 Å². The maximum absolute atomic E-state index is 9.42. The average Bonchev–Trinajstić information content (AvgIpc) is 2.92. The van der Waals surface area contributed by atoms with Crippen LogP contribution in [0.5, 0.6) is 11.6 Å². The lowest BCUT2D eigenvalue weighted by Gasteiger charge is -2.10. The number of aryl methyl sites for hydroxylation is 1. The van der Waals surface area contributed by atoms with Gasteiger partial charge in [0.25, 0.3) is 0 Å². The Kier molecular flexibility index (Phi) is 4.98. The van der Waals surface area contributed by atoms with Crippen LogP contribution in [0.25, 0.3) is 10.9 Å². The Morgan fingerprint density at radius 1 is 1.16 bits per heavy atom. The molecule has 0 aliphatic heterocycles. The van der Waals surface area contributed by atoms with Gasteiger partial charge in [-0.1, -0.05) is 0 Å². The standard InChI is InChI=1S/C16H17BBrN3O4/c1-21-12-8-19-10(4-9(12)5-14(21)17(22)23)6-11-7-13(24-2)15(18)16(20-11)25-3/h4-5,7-8,22-23H,6H2,1-3H3. The molecular weight excluding hydrogens is 389 g/mol. The summed E-state index contributed by atoms with van der Waals surface area (Å²) < 4.78 is 13.0. The van der Waals surface area contributed by atoms with Gasteiger partial charge in [-0.15, -0.1) is 0 Å². The Morgan fingerprint density at radius 3 is 2.56 bits per heavy atom. The van der Waals surface area contributed by atoms with Gasteiger partial charge < -0.3 is 24.1 Å². The van der Waals surface area contributed by atoms with Gasteiger partial charge in [-0.05, 0) is 28.1 Å². The molecule has 0 radical (unpaired) electrons. The van der Waals surface area contributed by atoms with Crippen LogP contribution in [0.1, 0.15) is 11.4 Å². The van der Waals surface area contributed by atoms with Crippen LogP contribution in [-0.4, -0.2) is 45.9 Å². The van der Waals surface area contributed by atoms with E-state index in [1.54, 1.807) is 38.1 Å². The van der Waals surface area contributed by atoms with E-state index in [0.29, 0.717) is 28.1 Å². The monoisotopic (exact) mass is 405 g/mol. The van der Waals surface area contributed by atoms with Crippen molar-refractivity contribution >= 4 is 39.5 Å². The van der Waals surface area contributed by atoms with Crippen LogP contribution in [-0.2, 0) is 13.5 Å². The molecule has 3 aromatic rings. The van der Waals surface area contributed by atoms with Gasteiger partial charge in [-0.3, -0.25) is 4.98 Å². The minimum absolute atomic E-state index is 0.416. The molecule has 0 spiro atoms. The van der Waals surface area contributed by atoms with Crippen LogP contribution in [0.2, 0.25) is 0 Å². The quantitative estimate of drug-likeness (QED) is 0.616. The van der Waals surface area contributed by atoms with E-state index in [1.807, 2.05) is 12.1 Å². The second kappa shape index (κ2) is 7.03. The summed E-state index contributed by atoms with van der Waals surface area (Å²) in [5.74, 6) is 1.08. The Labute approximate surface area is 153 Å². The number of nitrogens with zero attached hydrogens (tertiary/aromatic N) is 3. The molecule has 2 N–H and O–H groups in total. The van der Waals surface area contributed by atoms with Crippen molar-refractivity contribution in [3.63, 3.8) is 0 Å². The van der Waals surface area contributed by atoms with E-state index in [9.17, 15) is 10.0 Å². The molecule has 0 fully saturated rings. The molecule has 0 saturated heterocycles. The molecule has 3 rings (SSSR count). The predicted molar refractivity (Wildman–Crippen MR) is 98.4 cm³/mol. The van der Waals surface area contributed by atoms with Gasteiger partial charge in [-0.2, -0.15) is 0 Å². The number of aromatic nitrogens is 3. The molecule has 0 unspecified atom stereocenters.